The summed E-state index contributed by atoms with van der Waals surface area (Å²) in [4.78, 5) is 26.5. The van der Waals surface area contributed by atoms with E-state index in [-0.39, 0.29) is 16.8 Å². The van der Waals surface area contributed by atoms with E-state index in [4.69, 9.17) is 14.2 Å². The van der Waals surface area contributed by atoms with Crippen LogP contribution in [0, 0.1) is 24.4 Å². The lowest BCUT2D eigenvalue weighted by atomic mass is 9.88. The number of rotatable bonds is 7. The number of halogens is 3. The van der Waals surface area contributed by atoms with Crippen LogP contribution in [0.25, 0.3) is 21.9 Å². The molecule has 0 bridgehead atoms. The van der Waals surface area contributed by atoms with Crippen molar-refractivity contribution in [3.05, 3.63) is 92.7 Å². The van der Waals surface area contributed by atoms with Gasteiger partial charge in [-0.2, -0.15) is 0 Å². The molecule has 0 saturated heterocycles. The van der Waals surface area contributed by atoms with Crippen molar-refractivity contribution in [1.82, 2.24) is 4.57 Å². The molecule has 43 heavy (non-hydrogen) atoms. The van der Waals surface area contributed by atoms with E-state index in [0.29, 0.717) is 35.3 Å². The maximum atomic E-state index is 14.2. The third kappa shape index (κ3) is 5.84. The largest absolute Gasteiger partial charge is 0.493 e. The van der Waals surface area contributed by atoms with E-state index >= 15 is 0 Å². The highest BCUT2D eigenvalue weighted by atomic mass is 19.1. The predicted molar refractivity (Wildman–Crippen MR) is 155 cm³/mol. The van der Waals surface area contributed by atoms with Gasteiger partial charge in [-0.15, -0.1) is 0 Å². The number of hydrogen-bond donors (Lipinski definition) is 1. The van der Waals surface area contributed by atoms with Crippen molar-refractivity contribution in [2.24, 2.45) is 7.05 Å². The summed E-state index contributed by atoms with van der Waals surface area (Å²) in [6.45, 7) is 7.21. The summed E-state index contributed by atoms with van der Waals surface area (Å²) in [5.74, 6) is -3.58. The average molecular weight is 596 g/mol. The number of fused-ring (bicyclic) bond motifs is 2. The Kier molecular flexibility index (Phi) is 8.00. The molecule has 4 aromatic rings. The van der Waals surface area contributed by atoms with Gasteiger partial charge in [0.1, 0.15) is 35.6 Å². The molecule has 0 saturated carbocycles. The first-order valence-corrected chi connectivity index (χ1v) is 13.9. The normalized spacial score (nSPS) is 13.9. The van der Waals surface area contributed by atoms with Crippen molar-refractivity contribution in [2.75, 3.05) is 6.61 Å². The molecule has 1 N–H and O–H groups in total. The summed E-state index contributed by atoms with van der Waals surface area (Å²) in [5, 5.41) is 11.0. The van der Waals surface area contributed by atoms with E-state index in [1.165, 1.54) is 23.7 Å². The molecule has 0 amide bonds. The van der Waals surface area contributed by atoms with Crippen LogP contribution < -0.4 is 15.0 Å². The molecule has 5 rings (SSSR count). The first kappa shape index (κ1) is 30.2. The van der Waals surface area contributed by atoms with Crippen LogP contribution in [0.15, 0.2) is 47.3 Å². The second kappa shape index (κ2) is 11.4. The number of hydrogen-bond acceptors (Lipinski definition) is 5. The maximum Gasteiger partial charge on any atom is 0.339 e. The van der Waals surface area contributed by atoms with Crippen molar-refractivity contribution >= 4 is 16.7 Å². The number of carbonyl (C=O) groups is 1. The van der Waals surface area contributed by atoms with Gasteiger partial charge in [-0.25, -0.2) is 18.0 Å². The molecule has 226 valence electrons. The standard InChI is InChI=1S/C33H32F3NO6/c1-17-20-7-6-12-41-27(20)11-10-21(17)28-22-9-8-19(42-16-24-25(35)13-18(34)14-26(24)36)15-23(22)31(38)37(5)29(28)30(32(39)40)43-33(2,3)4/h8-11,13-15,30H,6-7,12,16H2,1-5H3,(H,39,40). The topological polar surface area (TPSA) is 87.0 Å². The van der Waals surface area contributed by atoms with E-state index in [1.807, 2.05) is 19.1 Å². The number of aromatic nitrogens is 1. The number of aliphatic carboxylic acids is 1. The Morgan fingerprint density at radius 3 is 2.42 bits per heavy atom. The van der Waals surface area contributed by atoms with Gasteiger partial charge in [0.05, 0.1) is 28.9 Å². The van der Waals surface area contributed by atoms with Gasteiger partial charge in [0.25, 0.3) is 5.56 Å². The zero-order valence-corrected chi connectivity index (χ0v) is 24.5. The fraction of sp³-hybridized carbons (Fsp3) is 0.333. The van der Waals surface area contributed by atoms with Crippen LogP contribution in [0.3, 0.4) is 0 Å². The second-order valence-corrected chi connectivity index (χ2v) is 11.6. The van der Waals surface area contributed by atoms with Crippen LogP contribution in [-0.2, 0) is 29.6 Å². The summed E-state index contributed by atoms with van der Waals surface area (Å²) in [5.41, 5.74) is 1.46. The number of nitrogens with zero attached hydrogens (tertiary/aromatic N) is 1. The average Bonchev–Trinajstić information content (AvgIpc) is 2.93. The zero-order valence-electron chi connectivity index (χ0n) is 24.5. The Labute approximate surface area is 246 Å². The van der Waals surface area contributed by atoms with Crippen LogP contribution in [0.2, 0.25) is 0 Å². The minimum absolute atomic E-state index is 0.141. The second-order valence-electron chi connectivity index (χ2n) is 11.6. The van der Waals surface area contributed by atoms with Gasteiger partial charge in [-0.1, -0.05) is 6.07 Å². The van der Waals surface area contributed by atoms with Crippen molar-refractivity contribution in [1.29, 1.82) is 0 Å². The highest BCUT2D eigenvalue weighted by molar-refractivity contribution is 6.00. The lowest BCUT2D eigenvalue weighted by Crippen LogP contribution is -2.33. The zero-order chi connectivity index (χ0) is 31.2. The molecule has 1 aliphatic rings. The molecule has 0 fully saturated rings. The Balaban J connectivity index is 1.73. The van der Waals surface area contributed by atoms with E-state index in [0.717, 1.165) is 29.7 Å². The van der Waals surface area contributed by atoms with Gasteiger partial charge in [0, 0.05) is 24.7 Å². The van der Waals surface area contributed by atoms with Gasteiger partial charge < -0.3 is 23.9 Å². The highest BCUT2D eigenvalue weighted by Crippen LogP contribution is 2.42. The van der Waals surface area contributed by atoms with E-state index in [1.54, 1.807) is 26.8 Å². The minimum Gasteiger partial charge on any atom is -0.493 e. The molecular weight excluding hydrogens is 563 g/mol. The van der Waals surface area contributed by atoms with Crippen molar-refractivity contribution < 1.29 is 37.3 Å². The number of ether oxygens (including phenoxy) is 3. The summed E-state index contributed by atoms with van der Waals surface area (Å²) >= 11 is 0. The molecule has 3 aromatic carbocycles. The van der Waals surface area contributed by atoms with Gasteiger partial charge in [0.15, 0.2) is 6.10 Å². The fourth-order valence-electron chi connectivity index (χ4n) is 5.52. The molecule has 0 aliphatic carbocycles. The summed E-state index contributed by atoms with van der Waals surface area (Å²) in [7, 11) is 1.48. The van der Waals surface area contributed by atoms with Crippen molar-refractivity contribution in [3.63, 3.8) is 0 Å². The third-order valence-corrected chi connectivity index (χ3v) is 7.50. The van der Waals surface area contributed by atoms with Crippen LogP contribution in [0.1, 0.15) is 55.7 Å². The Hall–Kier alpha value is -4.31. The molecule has 0 spiro atoms. The van der Waals surface area contributed by atoms with E-state index in [9.17, 15) is 27.9 Å². The molecule has 2 heterocycles. The molecule has 10 heteroatoms. The first-order chi connectivity index (χ1) is 20.3. The molecule has 1 unspecified atom stereocenters. The highest BCUT2D eigenvalue weighted by Gasteiger charge is 2.34. The molecule has 1 aliphatic heterocycles. The van der Waals surface area contributed by atoms with Crippen molar-refractivity contribution in [3.8, 4) is 22.6 Å². The molecule has 1 atom stereocenters. The quantitative estimate of drug-likeness (QED) is 0.254. The number of carboxylic acid groups (broad SMARTS) is 1. The summed E-state index contributed by atoms with van der Waals surface area (Å²) in [6.07, 6.45) is 0.131. The van der Waals surface area contributed by atoms with Crippen LogP contribution in [0.5, 0.6) is 11.5 Å². The lowest BCUT2D eigenvalue weighted by Gasteiger charge is -2.29. The van der Waals surface area contributed by atoms with Gasteiger partial charge in [0.2, 0.25) is 0 Å². The number of carboxylic acids is 1. The van der Waals surface area contributed by atoms with Gasteiger partial charge in [-0.05, 0) is 86.9 Å². The number of benzene rings is 3. The maximum absolute atomic E-state index is 14.2. The molecule has 1 aromatic heterocycles. The van der Waals surface area contributed by atoms with Gasteiger partial charge in [-0.3, -0.25) is 4.79 Å². The van der Waals surface area contributed by atoms with E-state index in [2.05, 4.69) is 0 Å². The predicted octanol–water partition coefficient (Wildman–Crippen LogP) is 6.78. The third-order valence-electron chi connectivity index (χ3n) is 7.50. The summed E-state index contributed by atoms with van der Waals surface area (Å²) < 4.78 is 60.5. The smallest absolute Gasteiger partial charge is 0.339 e. The Bertz CT molecular complexity index is 1780. The Morgan fingerprint density at radius 1 is 1.07 bits per heavy atom. The monoisotopic (exact) mass is 595 g/mol. The van der Waals surface area contributed by atoms with E-state index < -0.39 is 52.9 Å². The molecular formula is C33H32F3NO6. The SMILES string of the molecule is Cc1c(-c2c(C(OC(C)(C)C)C(=O)O)n(C)c(=O)c3cc(OCc4c(F)cc(F)cc4F)ccc23)ccc2c1CCCO2. The van der Waals surface area contributed by atoms with Crippen LogP contribution in [-0.4, -0.2) is 27.9 Å². The summed E-state index contributed by atoms with van der Waals surface area (Å²) in [6, 6.07) is 9.43. The fourth-order valence-corrected chi connectivity index (χ4v) is 5.52. The molecule has 7 nitrogen and oxygen atoms in total. The lowest BCUT2D eigenvalue weighted by molar-refractivity contribution is -0.161. The van der Waals surface area contributed by atoms with Crippen LogP contribution in [0.4, 0.5) is 13.2 Å². The minimum atomic E-state index is -1.48. The first-order valence-electron chi connectivity index (χ1n) is 13.9. The van der Waals surface area contributed by atoms with Gasteiger partial charge >= 0.3 is 5.97 Å². The Morgan fingerprint density at radius 2 is 1.77 bits per heavy atom. The number of pyridine rings is 1. The van der Waals surface area contributed by atoms with Crippen molar-refractivity contribution in [2.45, 2.75) is 58.8 Å². The molecule has 0 radical (unpaired) electrons. The van der Waals surface area contributed by atoms with Crippen LogP contribution >= 0.6 is 0 Å².